The molecule has 27 heavy (non-hydrogen) atoms. The lowest BCUT2D eigenvalue weighted by Crippen LogP contribution is -2.34. The second-order valence-corrected chi connectivity index (χ2v) is 6.46. The summed E-state index contributed by atoms with van der Waals surface area (Å²) in [7, 11) is 0. The van der Waals surface area contributed by atoms with E-state index in [1.165, 1.54) is 0 Å². The van der Waals surface area contributed by atoms with Gasteiger partial charge in [-0.3, -0.25) is 14.9 Å². The maximum absolute atomic E-state index is 12.5. The van der Waals surface area contributed by atoms with Gasteiger partial charge >= 0.3 is 0 Å². The summed E-state index contributed by atoms with van der Waals surface area (Å²) < 4.78 is 5.66. The molecule has 0 aliphatic heterocycles. The number of thiocarbonyl (C=S) groups is 1. The zero-order chi connectivity index (χ0) is 19.8. The van der Waals surface area contributed by atoms with Gasteiger partial charge in [-0.25, -0.2) is 0 Å². The first-order chi connectivity index (χ1) is 12.9. The molecule has 0 unspecified atom stereocenters. The normalized spacial score (nSPS) is 10.2. The van der Waals surface area contributed by atoms with Crippen molar-refractivity contribution in [1.29, 1.82) is 0 Å². The largest absolute Gasteiger partial charge is 0.490 e. The predicted molar refractivity (Wildman–Crippen MR) is 111 cm³/mol. The van der Waals surface area contributed by atoms with Crippen LogP contribution in [0, 0.1) is 0 Å². The van der Waals surface area contributed by atoms with Gasteiger partial charge in [0.2, 0.25) is 5.91 Å². The summed E-state index contributed by atoms with van der Waals surface area (Å²) >= 11 is 5.23. The molecule has 0 aromatic heterocycles. The molecule has 0 spiro atoms. The number of anilines is 2. The molecule has 2 aromatic rings. The monoisotopic (exact) mass is 385 g/mol. The van der Waals surface area contributed by atoms with Crippen LogP contribution in [0.15, 0.2) is 48.5 Å². The van der Waals surface area contributed by atoms with E-state index in [4.69, 9.17) is 17.0 Å². The van der Waals surface area contributed by atoms with E-state index in [1.54, 1.807) is 55.5 Å². The van der Waals surface area contributed by atoms with Crippen LogP contribution in [0.1, 0.15) is 37.6 Å². The highest BCUT2D eigenvalue weighted by molar-refractivity contribution is 7.80. The van der Waals surface area contributed by atoms with Crippen molar-refractivity contribution < 1.29 is 14.3 Å². The average Bonchev–Trinajstić information content (AvgIpc) is 2.61. The lowest BCUT2D eigenvalue weighted by Gasteiger charge is -2.15. The van der Waals surface area contributed by atoms with Gasteiger partial charge in [0.1, 0.15) is 5.75 Å². The number of nitrogens with one attached hydrogen (secondary N) is 3. The molecule has 2 amide bonds. The molecule has 7 heteroatoms. The Labute approximate surface area is 164 Å². The molecule has 2 aromatic carbocycles. The van der Waals surface area contributed by atoms with E-state index >= 15 is 0 Å². The molecular weight excluding hydrogens is 362 g/mol. The van der Waals surface area contributed by atoms with E-state index in [2.05, 4.69) is 16.0 Å². The van der Waals surface area contributed by atoms with Crippen molar-refractivity contribution in [1.82, 2.24) is 5.32 Å². The van der Waals surface area contributed by atoms with Crippen LogP contribution in [0.25, 0.3) is 0 Å². The first-order valence-electron chi connectivity index (χ1n) is 8.67. The van der Waals surface area contributed by atoms with E-state index in [0.717, 1.165) is 0 Å². The zero-order valence-corrected chi connectivity index (χ0v) is 16.4. The summed E-state index contributed by atoms with van der Waals surface area (Å²) in [6, 6.07) is 14.1. The first kappa shape index (κ1) is 20.4. The maximum atomic E-state index is 12.5. The van der Waals surface area contributed by atoms with Crippen LogP contribution in [0.3, 0.4) is 0 Å². The van der Waals surface area contributed by atoms with Gasteiger partial charge < -0.3 is 15.4 Å². The average molecular weight is 385 g/mol. The summed E-state index contributed by atoms with van der Waals surface area (Å²) in [6.07, 6.45) is 0.342. The van der Waals surface area contributed by atoms with Crippen molar-refractivity contribution in [3.63, 3.8) is 0 Å². The quantitative estimate of drug-likeness (QED) is 0.656. The Morgan fingerprint density at radius 3 is 2.37 bits per heavy atom. The molecule has 6 nitrogen and oxygen atoms in total. The van der Waals surface area contributed by atoms with E-state index in [1.807, 2.05) is 13.8 Å². The number of para-hydroxylation sites is 1. The van der Waals surface area contributed by atoms with Crippen LogP contribution in [-0.2, 0) is 4.79 Å². The summed E-state index contributed by atoms with van der Waals surface area (Å²) in [5, 5.41) is 8.51. The first-order valence-corrected chi connectivity index (χ1v) is 9.07. The van der Waals surface area contributed by atoms with Crippen LogP contribution in [0.2, 0.25) is 0 Å². The smallest absolute Gasteiger partial charge is 0.261 e. The Bertz CT molecular complexity index is 837. The molecule has 142 valence electrons. The molecule has 0 radical (unpaired) electrons. The Balaban J connectivity index is 2.03. The molecule has 0 aliphatic rings. The van der Waals surface area contributed by atoms with Gasteiger partial charge in [0.05, 0.1) is 11.7 Å². The molecule has 0 saturated carbocycles. The van der Waals surface area contributed by atoms with Crippen LogP contribution in [-0.4, -0.2) is 23.0 Å². The van der Waals surface area contributed by atoms with Crippen molar-refractivity contribution in [3.8, 4) is 5.75 Å². The summed E-state index contributed by atoms with van der Waals surface area (Å²) in [5.74, 6) is 0.0565. The minimum absolute atomic E-state index is 0.0508. The topological polar surface area (TPSA) is 79.5 Å². The number of amides is 2. The number of carbonyl (C=O) groups excluding carboxylic acids is 2. The molecule has 0 aliphatic carbocycles. The van der Waals surface area contributed by atoms with Crippen molar-refractivity contribution >= 4 is 40.5 Å². The van der Waals surface area contributed by atoms with Crippen molar-refractivity contribution in [2.24, 2.45) is 0 Å². The standard InChI is InChI=1S/C20H23N3O3S/c1-4-18(24)21-14-8-7-9-15(12-14)22-20(27)23-19(25)16-10-5-6-11-17(16)26-13(2)3/h5-13H,4H2,1-3H3,(H,21,24)(H2,22,23,25,27). The van der Waals surface area contributed by atoms with Gasteiger partial charge in [0.25, 0.3) is 5.91 Å². The van der Waals surface area contributed by atoms with Gasteiger partial charge in [-0.1, -0.05) is 25.1 Å². The molecule has 0 saturated heterocycles. The summed E-state index contributed by atoms with van der Waals surface area (Å²) in [6.45, 7) is 5.57. The third-order valence-electron chi connectivity index (χ3n) is 3.45. The highest BCUT2D eigenvalue weighted by Crippen LogP contribution is 2.19. The maximum Gasteiger partial charge on any atom is 0.261 e. The second kappa shape index (κ2) is 9.68. The Hall–Kier alpha value is -2.93. The van der Waals surface area contributed by atoms with E-state index in [-0.39, 0.29) is 23.0 Å². The van der Waals surface area contributed by atoms with Gasteiger partial charge in [-0.05, 0) is 56.4 Å². The minimum atomic E-state index is -0.362. The lowest BCUT2D eigenvalue weighted by atomic mass is 10.2. The van der Waals surface area contributed by atoms with Gasteiger partial charge in [-0.2, -0.15) is 0 Å². The van der Waals surface area contributed by atoms with Crippen molar-refractivity contribution in [2.45, 2.75) is 33.3 Å². The molecule has 2 rings (SSSR count). The van der Waals surface area contributed by atoms with E-state index in [0.29, 0.717) is 29.1 Å². The fourth-order valence-electron chi connectivity index (χ4n) is 2.27. The fourth-order valence-corrected chi connectivity index (χ4v) is 2.48. The molecule has 0 fully saturated rings. The third kappa shape index (κ3) is 6.38. The SMILES string of the molecule is CCC(=O)Nc1cccc(NC(=S)NC(=O)c2ccccc2OC(C)C)c1. The zero-order valence-electron chi connectivity index (χ0n) is 15.5. The van der Waals surface area contributed by atoms with Crippen molar-refractivity contribution in [3.05, 3.63) is 54.1 Å². The number of hydrogen-bond acceptors (Lipinski definition) is 4. The Morgan fingerprint density at radius 1 is 1.04 bits per heavy atom. The summed E-state index contributed by atoms with van der Waals surface area (Å²) in [4.78, 5) is 24.0. The number of hydrogen-bond donors (Lipinski definition) is 3. The highest BCUT2D eigenvalue weighted by atomic mass is 32.1. The van der Waals surface area contributed by atoms with Crippen LogP contribution in [0.4, 0.5) is 11.4 Å². The van der Waals surface area contributed by atoms with E-state index in [9.17, 15) is 9.59 Å². The van der Waals surface area contributed by atoms with Gasteiger partial charge in [0.15, 0.2) is 5.11 Å². The third-order valence-corrected chi connectivity index (χ3v) is 3.65. The fraction of sp³-hybridized carbons (Fsp3) is 0.250. The van der Waals surface area contributed by atoms with Crippen LogP contribution in [0.5, 0.6) is 5.75 Å². The predicted octanol–water partition coefficient (Wildman–Crippen LogP) is 3.95. The highest BCUT2D eigenvalue weighted by Gasteiger charge is 2.14. The van der Waals surface area contributed by atoms with Crippen LogP contribution >= 0.6 is 12.2 Å². The van der Waals surface area contributed by atoms with Crippen LogP contribution < -0.4 is 20.7 Å². The molecule has 0 atom stereocenters. The second-order valence-electron chi connectivity index (χ2n) is 6.05. The molecular formula is C20H23N3O3S. The Morgan fingerprint density at radius 2 is 1.70 bits per heavy atom. The lowest BCUT2D eigenvalue weighted by molar-refractivity contribution is -0.115. The minimum Gasteiger partial charge on any atom is -0.490 e. The number of carbonyl (C=O) groups is 2. The summed E-state index contributed by atoms with van der Waals surface area (Å²) in [5.41, 5.74) is 1.71. The Kier molecular flexibility index (Phi) is 7.31. The molecule has 0 heterocycles. The molecule has 3 N–H and O–H groups in total. The van der Waals surface area contributed by atoms with Gasteiger partial charge in [0, 0.05) is 17.8 Å². The number of benzene rings is 2. The number of rotatable bonds is 6. The van der Waals surface area contributed by atoms with E-state index < -0.39 is 0 Å². The number of ether oxygens (including phenoxy) is 1. The molecule has 0 bridgehead atoms. The van der Waals surface area contributed by atoms with Gasteiger partial charge in [-0.15, -0.1) is 0 Å². The van der Waals surface area contributed by atoms with Crippen molar-refractivity contribution in [2.75, 3.05) is 10.6 Å².